The van der Waals surface area contributed by atoms with E-state index in [0.29, 0.717) is 5.56 Å². The molecule has 0 saturated carbocycles. The molecule has 1 N–H and O–H groups in total. The molecule has 5 nitrogen and oxygen atoms in total. The highest BCUT2D eigenvalue weighted by molar-refractivity contribution is 5.99. The number of carbonyl (C=O) groups is 1. The molecule has 0 radical (unpaired) electrons. The Labute approximate surface area is 99.3 Å². The number of hydroxylamine groups is 1. The molecule has 5 heteroatoms. The van der Waals surface area contributed by atoms with E-state index in [1.54, 1.807) is 10.7 Å². The summed E-state index contributed by atoms with van der Waals surface area (Å²) in [5.41, 5.74) is 3.25. The number of nitrogens with zero attached hydrogens (tertiary/aromatic N) is 2. The van der Waals surface area contributed by atoms with Crippen molar-refractivity contribution in [3.05, 3.63) is 36.2 Å². The van der Waals surface area contributed by atoms with Gasteiger partial charge in [0.15, 0.2) is 0 Å². The van der Waals surface area contributed by atoms with Crippen LogP contribution in [0.3, 0.4) is 0 Å². The molecule has 17 heavy (non-hydrogen) atoms. The Morgan fingerprint density at radius 3 is 2.88 bits per heavy atom. The molecule has 0 fully saturated rings. The van der Waals surface area contributed by atoms with Gasteiger partial charge >= 0.3 is 0 Å². The maximum atomic E-state index is 11.9. The van der Waals surface area contributed by atoms with E-state index < -0.39 is 5.60 Å². The Hall–Kier alpha value is -1.88. The third-order valence-corrected chi connectivity index (χ3v) is 2.12. The lowest BCUT2D eigenvalue weighted by Gasteiger charge is -2.18. The van der Waals surface area contributed by atoms with E-state index >= 15 is 0 Å². The van der Waals surface area contributed by atoms with Gasteiger partial charge < -0.3 is 0 Å². The molecule has 0 aliphatic heterocycles. The minimum Gasteiger partial charge on any atom is -0.268 e. The minimum absolute atomic E-state index is 0.291. The van der Waals surface area contributed by atoms with Gasteiger partial charge in [0.05, 0.1) is 22.9 Å². The highest BCUT2D eigenvalue weighted by Crippen LogP contribution is 2.10. The number of carbonyl (C=O) groups excluding carboxylic acids is 1. The first-order valence-corrected chi connectivity index (χ1v) is 5.38. The highest BCUT2D eigenvalue weighted by atomic mass is 16.7. The van der Waals surface area contributed by atoms with E-state index in [9.17, 15) is 4.79 Å². The summed E-state index contributed by atoms with van der Waals surface area (Å²) in [4.78, 5) is 17.1. The van der Waals surface area contributed by atoms with Gasteiger partial charge in [-0.3, -0.25) is 9.63 Å². The molecule has 2 rings (SSSR count). The molecule has 0 aromatic carbocycles. The maximum absolute atomic E-state index is 11.9. The Kier molecular flexibility index (Phi) is 2.85. The van der Waals surface area contributed by atoms with Crippen LogP contribution in [0.25, 0.3) is 5.52 Å². The van der Waals surface area contributed by atoms with Gasteiger partial charge in [0.25, 0.3) is 5.91 Å². The fourth-order valence-corrected chi connectivity index (χ4v) is 1.36. The maximum Gasteiger partial charge on any atom is 0.278 e. The van der Waals surface area contributed by atoms with Crippen LogP contribution in [0.2, 0.25) is 0 Å². The standard InChI is InChI=1S/C12H15N3O2/c1-12(2,3)17-14-11(16)9-8-13-15-7-5-4-6-10(9)15/h4-8H,1-3H3,(H,14,16). The topological polar surface area (TPSA) is 55.6 Å². The first-order chi connectivity index (χ1) is 7.97. The third-order valence-electron chi connectivity index (χ3n) is 2.12. The van der Waals surface area contributed by atoms with Crippen molar-refractivity contribution >= 4 is 11.4 Å². The average Bonchev–Trinajstić information content (AvgIpc) is 2.68. The largest absolute Gasteiger partial charge is 0.278 e. The van der Waals surface area contributed by atoms with Gasteiger partial charge in [-0.1, -0.05) is 6.07 Å². The second-order valence-corrected chi connectivity index (χ2v) is 4.73. The van der Waals surface area contributed by atoms with Crippen molar-refractivity contribution in [2.75, 3.05) is 0 Å². The van der Waals surface area contributed by atoms with Crippen LogP contribution < -0.4 is 5.48 Å². The van der Waals surface area contributed by atoms with Crippen molar-refractivity contribution in [3.8, 4) is 0 Å². The number of rotatable bonds is 2. The van der Waals surface area contributed by atoms with Gasteiger partial charge in [-0.05, 0) is 32.9 Å². The summed E-state index contributed by atoms with van der Waals surface area (Å²) in [6.07, 6.45) is 3.31. The molecular formula is C12H15N3O2. The first kappa shape index (κ1) is 11.6. The number of pyridine rings is 1. The van der Waals surface area contributed by atoms with Crippen LogP contribution in [0.4, 0.5) is 0 Å². The Bertz CT molecular complexity index is 540. The lowest BCUT2D eigenvalue weighted by Crippen LogP contribution is -2.33. The number of aromatic nitrogens is 2. The van der Waals surface area contributed by atoms with Crippen molar-refractivity contribution in [3.63, 3.8) is 0 Å². The van der Waals surface area contributed by atoms with Crippen LogP contribution in [0.15, 0.2) is 30.6 Å². The second kappa shape index (κ2) is 4.18. The molecule has 2 heterocycles. The van der Waals surface area contributed by atoms with Crippen molar-refractivity contribution in [2.24, 2.45) is 0 Å². The number of amides is 1. The lowest BCUT2D eigenvalue weighted by atomic mass is 10.2. The SMILES string of the molecule is CC(C)(C)ONC(=O)c1cnn2ccccc12. The zero-order valence-corrected chi connectivity index (χ0v) is 10.1. The monoisotopic (exact) mass is 233 g/mol. The number of hydrogen-bond donors (Lipinski definition) is 1. The summed E-state index contributed by atoms with van der Waals surface area (Å²) >= 11 is 0. The normalized spacial score (nSPS) is 11.7. The van der Waals surface area contributed by atoms with Crippen molar-refractivity contribution in [1.82, 2.24) is 15.1 Å². The average molecular weight is 233 g/mol. The fraction of sp³-hybridized carbons (Fsp3) is 0.333. The van der Waals surface area contributed by atoms with Crippen molar-refractivity contribution in [1.29, 1.82) is 0 Å². The van der Waals surface area contributed by atoms with Crippen LogP contribution in [0, 0.1) is 0 Å². The zero-order chi connectivity index (χ0) is 12.5. The van der Waals surface area contributed by atoms with Gasteiger partial charge in [0.1, 0.15) is 0 Å². The molecule has 2 aromatic rings. The zero-order valence-electron chi connectivity index (χ0n) is 10.1. The molecule has 90 valence electrons. The Morgan fingerprint density at radius 2 is 2.18 bits per heavy atom. The van der Waals surface area contributed by atoms with Gasteiger partial charge in [-0.25, -0.2) is 10.00 Å². The second-order valence-electron chi connectivity index (χ2n) is 4.73. The highest BCUT2D eigenvalue weighted by Gasteiger charge is 2.16. The molecule has 1 amide bonds. The predicted octanol–water partition coefficient (Wildman–Crippen LogP) is 1.79. The van der Waals surface area contributed by atoms with Crippen molar-refractivity contribution < 1.29 is 9.63 Å². The molecule has 0 saturated heterocycles. The van der Waals surface area contributed by atoms with E-state index in [2.05, 4.69) is 10.6 Å². The quantitative estimate of drug-likeness (QED) is 0.805. The van der Waals surface area contributed by atoms with Crippen LogP contribution >= 0.6 is 0 Å². The number of fused-ring (bicyclic) bond motifs is 1. The smallest absolute Gasteiger partial charge is 0.268 e. The molecule has 0 aliphatic rings. The van der Waals surface area contributed by atoms with Gasteiger partial charge in [-0.2, -0.15) is 5.10 Å². The van der Waals surface area contributed by atoms with Crippen LogP contribution in [-0.4, -0.2) is 21.1 Å². The number of nitrogens with one attached hydrogen (secondary N) is 1. The van der Waals surface area contributed by atoms with Gasteiger partial charge in [-0.15, -0.1) is 0 Å². The molecule has 0 atom stereocenters. The lowest BCUT2D eigenvalue weighted by molar-refractivity contribution is -0.0589. The molecule has 0 aliphatic carbocycles. The van der Waals surface area contributed by atoms with Crippen LogP contribution in [0.5, 0.6) is 0 Å². The Balaban J connectivity index is 2.20. The molecule has 2 aromatic heterocycles. The van der Waals surface area contributed by atoms with E-state index in [1.165, 1.54) is 6.20 Å². The molecule has 0 unspecified atom stereocenters. The Morgan fingerprint density at radius 1 is 1.41 bits per heavy atom. The summed E-state index contributed by atoms with van der Waals surface area (Å²) in [6.45, 7) is 5.59. The summed E-state index contributed by atoms with van der Waals surface area (Å²) in [5, 5.41) is 4.08. The summed E-state index contributed by atoms with van der Waals surface area (Å²) < 4.78 is 1.64. The van der Waals surface area contributed by atoms with E-state index in [1.807, 2.05) is 39.0 Å². The van der Waals surface area contributed by atoms with E-state index in [0.717, 1.165) is 5.52 Å². The van der Waals surface area contributed by atoms with E-state index in [4.69, 9.17) is 4.84 Å². The number of hydrogen-bond acceptors (Lipinski definition) is 3. The van der Waals surface area contributed by atoms with E-state index in [-0.39, 0.29) is 5.91 Å². The molecular weight excluding hydrogens is 218 g/mol. The summed E-state index contributed by atoms with van der Waals surface area (Å²) in [5.74, 6) is -0.291. The molecule has 0 bridgehead atoms. The summed E-state index contributed by atoms with van der Waals surface area (Å²) in [7, 11) is 0. The third kappa shape index (κ3) is 2.62. The minimum atomic E-state index is -0.418. The molecule has 0 spiro atoms. The van der Waals surface area contributed by atoms with Crippen molar-refractivity contribution in [2.45, 2.75) is 26.4 Å². The van der Waals surface area contributed by atoms with Crippen LogP contribution in [-0.2, 0) is 4.84 Å². The van der Waals surface area contributed by atoms with Crippen LogP contribution in [0.1, 0.15) is 31.1 Å². The summed E-state index contributed by atoms with van der Waals surface area (Å²) in [6, 6.07) is 5.55. The predicted molar refractivity (Wildman–Crippen MR) is 63.5 cm³/mol. The first-order valence-electron chi connectivity index (χ1n) is 5.38. The van der Waals surface area contributed by atoms with Gasteiger partial charge in [0, 0.05) is 6.20 Å². The fourth-order valence-electron chi connectivity index (χ4n) is 1.36. The van der Waals surface area contributed by atoms with Gasteiger partial charge in [0.2, 0.25) is 0 Å².